The van der Waals surface area contributed by atoms with Gasteiger partial charge < -0.3 is 24.6 Å². The average molecular weight is 492 g/mol. The van der Waals surface area contributed by atoms with E-state index in [9.17, 15) is 19.5 Å². The fraction of sp³-hybridized carbons (Fsp3) is 0.368. The molecule has 0 unspecified atom stereocenters. The van der Waals surface area contributed by atoms with Crippen molar-refractivity contribution in [3.05, 3.63) is 44.9 Å². The monoisotopic (exact) mass is 491 g/mol. The maximum atomic E-state index is 13.0. The fourth-order valence-corrected chi connectivity index (χ4v) is 6.01. The van der Waals surface area contributed by atoms with Crippen molar-refractivity contribution in [3.8, 4) is 11.3 Å². The molecule has 0 aliphatic carbocycles. The smallest absolute Gasteiger partial charge is 0.636 e. The van der Waals surface area contributed by atoms with E-state index < -0.39 is 40.0 Å². The van der Waals surface area contributed by atoms with Gasteiger partial charge in [-0.05, 0) is 38.9 Å². The van der Waals surface area contributed by atoms with E-state index in [0.717, 1.165) is 0 Å². The molecule has 12 heteroatoms. The Morgan fingerprint density at radius 1 is 1.29 bits per heavy atom. The Balaban J connectivity index is 0.00000272. The van der Waals surface area contributed by atoms with Gasteiger partial charge in [0.25, 0.3) is 0 Å². The molecule has 0 saturated carbocycles. The maximum Gasteiger partial charge on any atom is 1.00 e. The first kappa shape index (κ1) is 24.4. The third-order valence-corrected chi connectivity index (χ3v) is 7.37. The zero-order valence-electron chi connectivity index (χ0n) is 17.1. The average Bonchev–Trinajstić information content (AvgIpc) is 3.14. The van der Waals surface area contributed by atoms with Crippen molar-refractivity contribution in [1.82, 2.24) is 10.1 Å². The summed E-state index contributed by atoms with van der Waals surface area (Å²) in [5.41, 5.74) is 0.539. The van der Waals surface area contributed by atoms with Crippen LogP contribution in [0.4, 0.5) is 0 Å². The van der Waals surface area contributed by atoms with E-state index in [4.69, 9.17) is 27.7 Å². The Morgan fingerprint density at radius 3 is 2.48 bits per heavy atom. The summed E-state index contributed by atoms with van der Waals surface area (Å²) in [6.07, 6.45) is 0. The van der Waals surface area contributed by atoms with Gasteiger partial charge in [0.1, 0.15) is 17.5 Å². The minimum atomic E-state index is -1.08. The molecule has 0 spiro atoms. The molecule has 8 nitrogen and oxygen atoms in total. The van der Waals surface area contributed by atoms with Crippen molar-refractivity contribution >= 4 is 52.7 Å². The van der Waals surface area contributed by atoms with Crippen molar-refractivity contribution in [1.29, 1.82) is 0 Å². The summed E-state index contributed by atoms with van der Waals surface area (Å²) in [4.78, 5) is 38.5. The fourth-order valence-electron chi connectivity index (χ4n) is 3.82. The largest absolute Gasteiger partial charge is 1.00 e. The number of hydrogen-bond donors (Lipinski definition) is 1. The van der Waals surface area contributed by atoms with Crippen LogP contribution in [-0.2, 0) is 9.59 Å². The van der Waals surface area contributed by atoms with Gasteiger partial charge in [-0.1, -0.05) is 34.4 Å². The van der Waals surface area contributed by atoms with Crippen LogP contribution in [0.5, 0.6) is 0 Å². The molecular formula is C19H16Cl2N3NaO5S. The number of thioether (sulfide) groups is 1. The predicted octanol–water partition coefficient (Wildman–Crippen LogP) is 0.990. The summed E-state index contributed by atoms with van der Waals surface area (Å²) in [5, 5.41) is 17.6. The van der Waals surface area contributed by atoms with Gasteiger partial charge >= 0.3 is 35.5 Å². The molecular weight excluding hydrogens is 476 g/mol. The van der Waals surface area contributed by atoms with Crippen molar-refractivity contribution in [2.75, 3.05) is 0 Å². The van der Waals surface area contributed by atoms with Gasteiger partial charge in [0.05, 0.1) is 26.9 Å². The van der Waals surface area contributed by atoms with E-state index >= 15 is 0 Å². The quantitative estimate of drug-likeness (QED) is 0.500. The predicted molar refractivity (Wildman–Crippen MR) is 112 cm³/mol. The molecule has 2 aromatic rings. The number of rotatable bonds is 4. The van der Waals surface area contributed by atoms with Gasteiger partial charge in [-0.3, -0.25) is 4.79 Å². The van der Waals surface area contributed by atoms with Crippen LogP contribution in [0, 0.1) is 6.92 Å². The summed E-state index contributed by atoms with van der Waals surface area (Å²) >= 11 is 13.8. The third-order valence-electron chi connectivity index (χ3n) is 5.18. The van der Waals surface area contributed by atoms with E-state index in [1.807, 2.05) is 0 Å². The van der Waals surface area contributed by atoms with Crippen LogP contribution in [0.3, 0.4) is 0 Å². The molecule has 1 aromatic heterocycles. The molecule has 3 atom stereocenters. The molecule has 1 N–H and O–H groups in total. The number of hydrogen-bond acceptors (Lipinski definition) is 6. The minimum absolute atomic E-state index is 0. The number of carboxylic acid groups (broad SMARTS) is 1. The first-order valence-corrected chi connectivity index (χ1v) is 10.6. The Labute approximate surface area is 214 Å². The second-order valence-corrected chi connectivity index (χ2v) is 10.1. The number of carbonyl (C=O) groups is 3. The van der Waals surface area contributed by atoms with E-state index in [0.29, 0.717) is 5.56 Å². The number of nitrogens with zero attached hydrogens (tertiary/aromatic N) is 3. The van der Waals surface area contributed by atoms with Gasteiger partial charge in [-0.15, -0.1) is 11.8 Å². The minimum Gasteiger partial charge on any atom is -0.636 e. The summed E-state index contributed by atoms with van der Waals surface area (Å²) in [6.45, 7) is 5.05. The van der Waals surface area contributed by atoms with Crippen molar-refractivity contribution < 1.29 is 53.6 Å². The topological polar surface area (TPSA) is 115 Å². The van der Waals surface area contributed by atoms with Crippen LogP contribution in [0.2, 0.25) is 10.0 Å². The van der Waals surface area contributed by atoms with E-state index in [-0.39, 0.29) is 56.6 Å². The number of β-lactam (4-membered cyclic amide) rings is 1. The SMILES string of the molecule is Cc1onc(-c2c(Cl)cccc2Cl)c1C(=O)[N-][C@@H]1C(=O)N2[C@@H]1SC(C)(C)[C@@H]2C(=O)O.[Na+]. The molecule has 2 amide bonds. The Morgan fingerprint density at radius 2 is 1.90 bits per heavy atom. The number of benzene rings is 1. The molecule has 2 fully saturated rings. The molecule has 2 aliphatic rings. The third kappa shape index (κ3) is 3.89. The number of amides is 2. The van der Waals surface area contributed by atoms with Crippen LogP contribution < -0.4 is 29.6 Å². The van der Waals surface area contributed by atoms with Crippen molar-refractivity contribution in [2.45, 2.75) is 43.0 Å². The zero-order chi connectivity index (χ0) is 22.0. The molecule has 0 bridgehead atoms. The van der Waals surface area contributed by atoms with Gasteiger partial charge in [-0.25, -0.2) is 4.79 Å². The summed E-state index contributed by atoms with van der Waals surface area (Å²) in [6, 6.07) is 2.92. The molecule has 158 valence electrons. The number of aliphatic carboxylic acids is 1. The molecule has 2 aliphatic heterocycles. The van der Waals surface area contributed by atoms with E-state index in [2.05, 4.69) is 10.5 Å². The Bertz CT molecular complexity index is 1070. The number of halogens is 2. The molecule has 1 aromatic carbocycles. The first-order valence-electron chi connectivity index (χ1n) is 8.93. The molecule has 2 saturated heterocycles. The van der Waals surface area contributed by atoms with Gasteiger partial charge in [0, 0.05) is 10.3 Å². The number of carbonyl (C=O) groups excluding carboxylic acids is 2. The van der Waals surface area contributed by atoms with Crippen LogP contribution in [-0.4, -0.2) is 55.2 Å². The van der Waals surface area contributed by atoms with Crippen LogP contribution >= 0.6 is 35.0 Å². The molecule has 4 rings (SSSR count). The standard InChI is InChI=1S/C19H17Cl2N3O5S.Na/c1-7-10(12(23-29-7)11-8(20)5-4-6-9(11)21)15(25)22-13-16(26)24-14(18(27)28)19(2,3)30-17(13)24;/h4-6,13-14,17H,1-3H3,(H2,22,25,27,28);/q;+1/p-1/t13-,14+,17-;/m1./s1. The second kappa shape index (κ2) is 8.61. The summed E-state index contributed by atoms with van der Waals surface area (Å²) < 4.78 is 4.48. The maximum absolute atomic E-state index is 13.0. The normalized spacial score (nSPS) is 23.6. The number of aryl methyl sites for hydroxylation is 1. The van der Waals surface area contributed by atoms with Crippen LogP contribution in [0.1, 0.15) is 30.0 Å². The van der Waals surface area contributed by atoms with Gasteiger partial charge in [-0.2, -0.15) is 0 Å². The molecule has 31 heavy (non-hydrogen) atoms. The van der Waals surface area contributed by atoms with Crippen molar-refractivity contribution in [2.24, 2.45) is 0 Å². The van der Waals surface area contributed by atoms with Gasteiger partial charge in [0.2, 0.25) is 5.91 Å². The van der Waals surface area contributed by atoms with Crippen LogP contribution in [0.25, 0.3) is 16.6 Å². The Kier molecular flexibility index (Phi) is 6.78. The van der Waals surface area contributed by atoms with E-state index in [1.165, 1.54) is 16.7 Å². The summed E-state index contributed by atoms with van der Waals surface area (Å²) in [5.74, 6) is -2.07. The Hall–Kier alpha value is -1.23. The molecule has 0 radical (unpaired) electrons. The van der Waals surface area contributed by atoms with E-state index in [1.54, 1.807) is 39.0 Å². The number of aromatic nitrogens is 1. The number of fused-ring (bicyclic) bond motifs is 1. The number of carboxylic acids is 1. The van der Waals surface area contributed by atoms with Gasteiger partial charge in [0.15, 0.2) is 0 Å². The second-order valence-electron chi connectivity index (χ2n) is 7.54. The van der Waals surface area contributed by atoms with Crippen molar-refractivity contribution in [3.63, 3.8) is 0 Å². The first-order chi connectivity index (χ1) is 14.0. The summed E-state index contributed by atoms with van der Waals surface area (Å²) in [7, 11) is 0. The molecule has 3 heterocycles. The van der Waals surface area contributed by atoms with Crippen LogP contribution in [0.15, 0.2) is 22.7 Å². The zero-order valence-corrected chi connectivity index (χ0v) is 21.4.